The third-order valence-corrected chi connectivity index (χ3v) is 6.39. The van der Waals surface area contributed by atoms with Crippen molar-refractivity contribution in [1.29, 1.82) is 0 Å². The molecule has 20 heavy (non-hydrogen) atoms. The minimum Gasteiger partial charge on any atom is -0.310 e. The Balaban J connectivity index is 2.05. The van der Waals surface area contributed by atoms with Crippen LogP contribution in [0.25, 0.3) is 0 Å². The fourth-order valence-corrected chi connectivity index (χ4v) is 4.95. The average Bonchev–Trinajstić information content (AvgIpc) is 3.08. The second kappa shape index (κ2) is 6.56. The molecule has 1 aliphatic carbocycles. The smallest absolute Gasteiger partial charge is 0.241 e. The van der Waals surface area contributed by atoms with Crippen LogP contribution in [-0.2, 0) is 16.6 Å². The Morgan fingerprint density at radius 2 is 2.10 bits per heavy atom. The maximum Gasteiger partial charge on any atom is 0.241 e. The molecule has 0 saturated heterocycles. The Morgan fingerprint density at radius 3 is 2.70 bits per heavy atom. The van der Waals surface area contributed by atoms with Gasteiger partial charge in [-0.3, -0.25) is 0 Å². The molecule has 2 rings (SSSR count). The largest absolute Gasteiger partial charge is 0.310 e. The number of thiophene rings is 1. The van der Waals surface area contributed by atoms with Gasteiger partial charge < -0.3 is 5.32 Å². The van der Waals surface area contributed by atoms with Crippen LogP contribution in [0.5, 0.6) is 0 Å². The van der Waals surface area contributed by atoms with E-state index in [9.17, 15) is 8.42 Å². The van der Waals surface area contributed by atoms with E-state index in [1.165, 1.54) is 24.2 Å². The number of hydrogen-bond acceptors (Lipinski definition) is 4. The predicted molar refractivity (Wildman–Crippen MR) is 83.6 cm³/mol. The van der Waals surface area contributed by atoms with Gasteiger partial charge in [0.05, 0.1) is 0 Å². The van der Waals surface area contributed by atoms with Crippen LogP contribution in [0.2, 0.25) is 0 Å². The topological polar surface area (TPSA) is 58.2 Å². The molecule has 0 bridgehead atoms. The van der Waals surface area contributed by atoms with E-state index in [0.29, 0.717) is 24.0 Å². The summed E-state index contributed by atoms with van der Waals surface area (Å²) in [7, 11) is -3.37. The van der Waals surface area contributed by atoms with Gasteiger partial charge in [0.15, 0.2) is 0 Å². The van der Waals surface area contributed by atoms with Crippen LogP contribution in [0, 0.1) is 12.8 Å². The molecule has 114 valence electrons. The summed E-state index contributed by atoms with van der Waals surface area (Å²) >= 11 is 1.52. The van der Waals surface area contributed by atoms with Crippen LogP contribution in [-0.4, -0.2) is 21.0 Å². The lowest BCUT2D eigenvalue weighted by Gasteiger charge is -2.11. The van der Waals surface area contributed by atoms with Gasteiger partial charge in [0.25, 0.3) is 0 Å². The van der Waals surface area contributed by atoms with Crippen LogP contribution in [0.1, 0.15) is 43.6 Å². The van der Waals surface area contributed by atoms with Crippen molar-refractivity contribution in [2.24, 2.45) is 5.92 Å². The molecule has 1 aromatic heterocycles. The molecule has 1 heterocycles. The second-order valence-electron chi connectivity index (χ2n) is 5.84. The molecule has 4 nitrogen and oxygen atoms in total. The molecule has 0 radical (unpaired) electrons. The van der Waals surface area contributed by atoms with Crippen molar-refractivity contribution in [3.8, 4) is 0 Å². The van der Waals surface area contributed by atoms with E-state index >= 15 is 0 Å². The molecule has 1 saturated carbocycles. The Hall–Kier alpha value is -0.430. The van der Waals surface area contributed by atoms with Crippen LogP contribution in [0.4, 0.5) is 0 Å². The highest BCUT2D eigenvalue weighted by atomic mass is 32.2. The monoisotopic (exact) mass is 316 g/mol. The molecule has 2 N–H and O–H groups in total. The second-order valence-corrected chi connectivity index (χ2v) is 8.50. The fraction of sp³-hybridized carbons (Fsp3) is 0.714. The van der Waals surface area contributed by atoms with Crippen LogP contribution in [0.15, 0.2) is 10.3 Å². The summed E-state index contributed by atoms with van der Waals surface area (Å²) < 4.78 is 27.7. The quantitative estimate of drug-likeness (QED) is 0.775. The van der Waals surface area contributed by atoms with Gasteiger partial charge in [0.2, 0.25) is 10.0 Å². The summed E-state index contributed by atoms with van der Waals surface area (Å²) in [5.74, 6) is 0.739. The zero-order chi connectivity index (χ0) is 14.8. The number of aryl methyl sites for hydroxylation is 1. The average molecular weight is 316 g/mol. The van der Waals surface area contributed by atoms with Crippen molar-refractivity contribution in [2.45, 2.75) is 57.5 Å². The van der Waals surface area contributed by atoms with Crippen molar-refractivity contribution in [1.82, 2.24) is 10.0 Å². The Kier molecular flexibility index (Phi) is 5.23. The van der Waals surface area contributed by atoms with E-state index in [1.54, 1.807) is 0 Å². The van der Waals surface area contributed by atoms with Gasteiger partial charge in [0, 0.05) is 24.0 Å². The van der Waals surface area contributed by atoms with Crippen molar-refractivity contribution in [2.75, 3.05) is 6.54 Å². The van der Waals surface area contributed by atoms with E-state index in [4.69, 9.17) is 0 Å². The van der Waals surface area contributed by atoms with Crippen LogP contribution >= 0.6 is 11.3 Å². The van der Waals surface area contributed by atoms with Gasteiger partial charge in [-0.15, -0.1) is 11.3 Å². The third kappa shape index (κ3) is 4.28. The predicted octanol–water partition coefficient (Wildman–Crippen LogP) is 2.63. The number of hydrogen-bond donors (Lipinski definition) is 2. The van der Waals surface area contributed by atoms with Crippen LogP contribution < -0.4 is 10.0 Å². The van der Waals surface area contributed by atoms with Gasteiger partial charge in [-0.2, -0.15) is 0 Å². The maximum atomic E-state index is 12.4. The lowest BCUT2D eigenvalue weighted by molar-refractivity contribution is 0.566. The Labute approximate surface area is 126 Å². The minimum atomic E-state index is -3.37. The lowest BCUT2D eigenvalue weighted by Crippen LogP contribution is -2.28. The molecule has 1 aliphatic rings. The first kappa shape index (κ1) is 15.9. The third-order valence-electron chi connectivity index (χ3n) is 3.47. The minimum absolute atomic E-state index is 0.343. The van der Waals surface area contributed by atoms with E-state index < -0.39 is 10.0 Å². The summed E-state index contributed by atoms with van der Waals surface area (Å²) in [5, 5.41) is 5.21. The highest BCUT2D eigenvalue weighted by molar-refractivity contribution is 7.89. The highest BCUT2D eigenvalue weighted by Gasteiger charge is 2.25. The summed E-state index contributed by atoms with van der Waals surface area (Å²) in [5.41, 5.74) is 0.842. The molecule has 1 fully saturated rings. The normalized spacial score (nSPS) is 16.0. The molecule has 0 unspecified atom stereocenters. The molecule has 0 spiro atoms. The van der Waals surface area contributed by atoms with Gasteiger partial charge in [-0.05, 0) is 30.2 Å². The molecular weight excluding hydrogens is 292 g/mol. The summed E-state index contributed by atoms with van der Waals surface area (Å²) in [6, 6.07) is 0.343. The first-order valence-corrected chi connectivity index (χ1v) is 9.56. The number of nitrogens with one attached hydrogen (secondary N) is 2. The lowest BCUT2D eigenvalue weighted by atomic mass is 10.3. The summed E-state index contributed by atoms with van der Waals surface area (Å²) in [4.78, 5) is 1.38. The van der Waals surface area contributed by atoms with Gasteiger partial charge in [-0.25, -0.2) is 13.1 Å². The SMILES string of the molecule is Cc1csc(CNC(C)C)c1S(=O)(=O)NCCC1CC1. The Bertz CT molecular complexity index is 546. The highest BCUT2D eigenvalue weighted by Crippen LogP contribution is 2.32. The first-order valence-electron chi connectivity index (χ1n) is 7.20. The van der Waals surface area contributed by atoms with Gasteiger partial charge in [-0.1, -0.05) is 26.7 Å². The molecule has 0 atom stereocenters. The van der Waals surface area contributed by atoms with E-state index in [0.717, 1.165) is 22.8 Å². The maximum absolute atomic E-state index is 12.4. The Morgan fingerprint density at radius 1 is 1.40 bits per heavy atom. The van der Waals surface area contributed by atoms with Gasteiger partial charge >= 0.3 is 0 Å². The zero-order valence-corrected chi connectivity index (χ0v) is 14.0. The van der Waals surface area contributed by atoms with Crippen molar-refractivity contribution < 1.29 is 8.42 Å². The van der Waals surface area contributed by atoms with Gasteiger partial charge in [0.1, 0.15) is 4.90 Å². The van der Waals surface area contributed by atoms with E-state index in [1.807, 2.05) is 12.3 Å². The number of rotatable bonds is 8. The molecule has 6 heteroatoms. The molecule has 0 aromatic carbocycles. The zero-order valence-electron chi connectivity index (χ0n) is 12.4. The number of sulfonamides is 1. The van der Waals surface area contributed by atoms with E-state index in [-0.39, 0.29) is 0 Å². The van der Waals surface area contributed by atoms with Crippen molar-refractivity contribution in [3.63, 3.8) is 0 Å². The molecule has 0 amide bonds. The molecule has 1 aromatic rings. The standard InChI is InChI=1S/C14H24N2O2S2/c1-10(2)15-8-13-14(11(3)9-19-13)20(17,18)16-7-6-12-4-5-12/h9-10,12,15-16H,4-8H2,1-3H3. The van der Waals surface area contributed by atoms with Crippen LogP contribution in [0.3, 0.4) is 0 Å². The van der Waals surface area contributed by atoms with Crippen molar-refractivity contribution in [3.05, 3.63) is 15.8 Å². The summed E-state index contributed by atoms with van der Waals surface area (Å²) in [6.45, 7) is 7.14. The molecule has 0 aliphatic heterocycles. The van der Waals surface area contributed by atoms with Crippen molar-refractivity contribution >= 4 is 21.4 Å². The first-order chi connectivity index (χ1) is 9.40. The summed E-state index contributed by atoms with van der Waals surface area (Å²) in [6.07, 6.45) is 3.47. The van der Waals surface area contributed by atoms with E-state index in [2.05, 4.69) is 23.9 Å². The molecular formula is C14H24N2O2S2. The fourth-order valence-electron chi connectivity index (χ4n) is 2.14.